The molecule has 2 unspecified atom stereocenters. The molecule has 2 N–H and O–H groups in total. The zero-order chi connectivity index (χ0) is 17.6. The average Bonchev–Trinajstić information content (AvgIpc) is 2.63. The summed E-state index contributed by atoms with van der Waals surface area (Å²) < 4.78 is 18.7. The normalized spacial score (nSPS) is 19.6. The number of halogens is 1. The van der Waals surface area contributed by atoms with Crippen LogP contribution in [-0.2, 0) is 6.61 Å². The van der Waals surface area contributed by atoms with Crippen molar-refractivity contribution in [3.05, 3.63) is 65.5 Å². The number of piperazine rings is 1. The topological polar surface area (TPSA) is 44.7 Å². The third-order valence-corrected chi connectivity index (χ3v) is 4.60. The molecule has 2 aromatic carbocycles. The molecule has 0 radical (unpaired) electrons. The molecule has 2 aromatic rings. The summed E-state index contributed by atoms with van der Waals surface area (Å²) in [6.07, 6.45) is 0. The molecule has 4 nitrogen and oxygen atoms in total. The third-order valence-electron chi connectivity index (χ3n) is 4.60. The van der Waals surface area contributed by atoms with Crippen LogP contribution in [-0.4, -0.2) is 42.3 Å². The highest BCUT2D eigenvalue weighted by atomic mass is 19.1. The minimum absolute atomic E-state index is 0.00991. The van der Waals surface area contributed by atoms with Crippen LogP contribution in [0.25, 0.3) is 0 Å². The van der Waals surface area contributed by atoms with Gasteiger partial charge in [-0.25, -0.2) is 4.39 Å². The fourth-order valence-corrected chi connectivity index (χ4v) is 3.21. The maximum Gasteiger partial charge on any atom is 0.123 e. The monoisotopic (exact) mass is 344 g/mol. The Bertz CT molecular complexity index is 660. The highest BCUT2D eigenvalue weighted by Crippen LogP contribution is 2.24. The van der Waals surface area contributed by atoms with Gasteiger partial charge in [-0.15, -0.1) is 0 Å². The van der Waals surface area contributed by atoms with Crippen molar-refractivity contribution >= 4 is 0 Å². The van der Waals surface area contributed by atoms with Gasteiger partial charge in [0.05, 0.1) is 12.6 Å². The van der Waals surface area contributed by atoms with Gasteiger partial charge in [0.2, 0.25) is 0 Å². The van der Waals surface area contributed by atoms with Gasteiger partial charge in [-0.2, -0.15) is 0 Å². The Labute approximate surface area is 148 Å². The van der Waals surface area contributed by atoms with Crippen LogP contribution in [0.3, 0.4) is 0 Å². The molecule has 0 aromatic heterocycles. The first-order valence-corrected chi connectivity index (χ1v) is 8.71. The Morgan fingerprint density at radius 2 is 1.92 bits per heavy atom. The summed E-state index contributed by atoms with van der Waals surface area (Å²) in [4.78, 5) is 2.32. The van der Waals surface area contributed by atoms with Gasteiger partial charge in [0, 0.05) is 25.7 Å². The van der Waals surface area contributed by atoms with Gasteiger partial charge in [-0.1, -0.05) is 24.3 Å². The van der Waals surface area contributed by atoms with E-state index in [1.165, 1.54) is 12.1 Å². The standard InChI is InChI=1S/C20H25FN2O2/c1-15-12-23(11-10-22-15)20(13-24)17-4-8-19(9-5-17)25-14-16-2-6-18(21)7-3-16/h2-9,15,20,22,24H,10-14H2,1H3. The lowest BCUT2D eigenvalue weighted by atomic mass is 10.0. The first-order chi connectivity index (χ1) is 12.2. The molecule has 0 amide bonds. The smallest absolute Gasteiger partial charge is 0.123 e. The molecule has 0 spiro atoms. The molecule has 1 fully saturated rings. The Balaban J connectivity index is 1.61. The summed E-state index contributed by atoms with van der Waals surface area (Å²) in [7, 11) is 0. The molecule has 25 heavy (non-hydrogen) atoms. The zero-order valence-electron chi connectivity index (χ0n) is 14.5. The Hall–Kier alpha value is -1.95. The third kappa shape index (κ3) is 4.78. The number of benzene rings is 2. The molecule has 0 saturated carbocycles. The summed E-state index contributed by atoms with van der Waals surface area (Å²) >= 11 is 0. The van der Waals surface area contributed by atoms with E-state index in [0.29, 0.717) is 12.6 Å². The van der Waals surface area contributed by atoms with Crippen molar-refractivity contribution in [1.29, 1.82) is 0 Å². The van der Waals surface area contributed by atoms with Crippen LogP contribution >= 0.6 is 0 Å². The zero-order valence-corrected chi connectivity index (χ0v) is 14.5. The Kier molecular flexibility index (Phi) is 6.02. The number of aliphatic hydroxyl groups excluding tert-OH is 1. The van der Waals surface area contributed by atoms with Crippen LogP contribution in [0.2, 0.25) is 0 Å². The lowest BCUT2D eigenvalue weighted by Crippen LogP contribution is -2.50. The van der Waals surface area contributed by atoms with Gasteiger partial charge in [-0.05, 0) is 42.3 Å². The van der Waals surface area contributed by atoms with E-state index in [1.807, 2.05) is 24.3 Å². The molecule has 1 heterocycles. The van der Waals surface area contributed by atoms with Crippen LogP contribution in [0.4, 0.5) is 4.39 Å². The number of nitrogens with one attached hydrogen (secondary N) is 1. The van der Waals surface area contributed by atoms with Crippen LogP contribution < -0.4 is 10.1 Å². The van der Waals surface area contributed by atoms with Gasteiger partial charge >= 0.3 is 0 Å². The van der Waals surface area contributed by atoms with E-state index >= 15 is 0 Å². The predicted octanol–water partition coefficient (Wildman–Crippen LogP) is 2.73. The van der Waals surface area contributed by atoms with Crippen molar-refractivity contribution in [2.24, 2.45) is 0 Å². The van der Waals surface area contributed by atoms with Crippen LogP contribution in [0, 0.1) is 5.82 Å². The molecule has 0 aliphatic carbocycles. The van der Waals surface area contributed by atoms with Crippen LogP contribution in [0.15, 0.2) is 48.5 Å². The van der Waals surface area contributed by atoms with E-state index in [2.05, 4.69) is 17.1 Å². The van der Waals surface area contributed by atoms with Crippen LogP contribution in [0.1, 0.15) is 24.1 Å². The van der Waals surface area contributed by atoms with Crippen molar-refractivity contribution in [1.82, 2.24) is 10.2 Å². The van der Waals surface area contributed by atoms with Crippen LogP contribution in [0.5, 0.6) is 5.75 Å². The molecule has 3 rings (SSSR count). The van der Waals surface area contributed by atoms with E-state index in [-0.39, 0.29) is 18.5 Å². The molecular weight excluding hydrogens is 319 g/mol. The maximum absolute atomic E-state index is 12.9. The quantitative estimate of drug-likeness (QED) is 0.846. The summed E-state index contributed by atoms with van der Waals surface area (Å²) in [5.74, 6) is 0.517. The minimum atomic E-state index is -0.245. The van der Waals surface area contributed by atoms with Crippen molar-refractivity contribution < 1.29 is 14.2 Å². The summed E-state index contributed by atoms with van der Waals surface area (Å²) in [6.45, 7) is 5.46. The van der Waals surface area contributed by atoms with E-state index in [4.69, 9.17) is 4.74 Å². The second-order valence-corrected chi connectivity index (χ2v) is 6.53. The second kappa shape index (κ2) is 8.43. The molecule has 1 aliphatic rings. The highest BCUT2D eigenvalue weighted by molar-refractivity contribution is 5.30. The lowest BCUT2D eigenvalue weighted by molar-refractivity contribution is 0.0962. The van der Waals surface area contributed by atoms with Crippen molar-refractivity contribution in [3.8, 4) is 5.75 Å². The number of rotatable bonds is 6. The molecular formula is C20H25FN2O2. The van der Waals surface area contributed by atoms with Gasteiger partial charge < -0.3 is 15.2 Å². The van der Waals surface area contributed by atoms with Crippen molar-refractivity contribution in [2.45, 2.75) is 25.6 Å². The Morgan fingerprint density at radius 1 is 1.20 bits per heavy atom. The first kappa shape index (κ1) is 17.9. The fourth-order valence-electron chi connectivity index (χ4n) is 3.21. The largest absolute Gasteiger partial charge is 0.489 e. The van der Waals surface area contributed by atoms with Gasteiger partial charge in [-0.3, -0.25) is 4.90 Å². The molecule has 134 valence electrons. The highest BCUT2D eigenvalue weighted by Gasteiger charge is 2.24. The maximum atomic E-state index is 12.9. The van der Waals surface area contributed by atoms with Gasteiger partial charge in [0.1, 0.15) is 18.2 Å². The average molecular weight is 344 g/mol. The first-order valence-electron chi connectivity index (χ1n) is 8.71. The molecule has 5 heteroatoms. The molecule has 1 aliphatic heterocycles. The minimum Gasteiger partial charge on any atom is -0.489 e. The van der Waals surface area contributed by atoms with E-state index in [9.17, 15) is 9.50 Å². The SMILES string of the molecule is CC1CN(C(CO)c2ccc(OCc3ccc(F)cc3)cc2)CCN1. The number of nitrogens with zero attached hydrogens (tertiary/aromatic N) is 1. The van der Waals surface area contributed by atoms with Crippen molar-refractivity contribution in [2.75, 3.05) is 26.2 Å². The lowest BCUT2D eigenvalue weighted by Gasteiger charge is -2.37. The van der Waals surface area contributed by atoms with Gasteiger partial charge in [0.25, 0.3) is 0 Å². The molecule has 2 atom stereocenters. The fraction of sp³-hybridized carbons (Fsp3) is 0.400. The summed E-state index contributed by atoms with van der Waals surface area (Å²) in [5, 5.41) is 13.3. The second-order valence-electron chi connectivity index (χ2n) is 6.53. The number of ether oxygens (including phenoxy) is 1. The number of aliphatic hydroxyl groups is 1. The predicted molar refractivity (Wildman–Crippen MR) is 96.0 cm³/mol. The molecule has 1 saturated heterocycles. The number of hydrogen-bond donors (Lipinski definition) is 2. The molecule has 0 bridgehead atoms. The van der Waals surface area contributed by atoms with Crippen molar-refractivity contribution in [3.63, 3.8) is 0 Å². The number of hydrogen-bond acceptors (Lipinski definition) is 4. The van der Waals surface area contributed by atoms with E-state index in [0.717, 1.165) is 36.5 Å². The summed E-state index contributed by atoms with van der Waals surface area (Å²) in [6, 6.07) is 14.6. The summed E-state index contributed by atoms with van der Waals surface area (Å²) in [5.41, 5.74) is 2.01. The van der Waals surface area contributed by atoms with Gasteiger partial charge in [0.15, 0.2) is 0 Å². The Morgan fingerprint density at radius 3 is 2.56 bits per heavy atom. The van der Waals surface area contributed by atoms with E-state index < -0.39 is 0 Å². The van der Waals surface area contributed by atoms with E-state index in [1.54, 1.807) is 12.1 Å².